The van der Waals surface area contributed by atoms with Crippen LogP contribution in [0.2, 0.25) is 0 Å². The molecule has 42 heavy (non-hydrogen) atoms. The van der Waals surface area contributed by atoms with Gasteiger partial charge in [-0.1, -0.05) is 84.4 Å². The van der Waals surface area contributed by atoms with Gasteiger partial charge in [-0.2, -0.15) is 0 Å². The summed E-state index contributed by atoms with van der Waals surface area (Å²) < 4.78 is 0. The Morgan fingerprint density at radius 3 is 2.14 bits per heavy atom. The van der Waals surface area contributed by atoms with Crippen LogP contribution in [0.4, 0.5) is 0 Å². The van der Waals surface area contributed by atoms with E-state index in [-0.39, 0.29) is 41.5 Å². The maximum atomic E-state index is 14.9. The third-order valence-corrected chi connectivity index (χ3v) is 10.1. The number of allylic oxidation sites excluding steroid dienone is 4. The number of rotatable bonds is 3. The third kappa shape index (κ3) is 3.57. The lowest BCUT2D eigenvalue weighted by Gasteiger charge is -2.55. The Balaban J connectivity index is 1.55. The average molecular weight is 558 g/mol. The molecule has 4 aliphatic rings. The number of ketones is 2. The first kappa shape index (κ1) is 26.3. The van der Waals surface area contributed by atoms with E-state index >= 15 is 0 Å². The number of aryl methyl sites for hydroxylation is 2. The summed E-state index contributed by atoms with van der Waals surface area (Å²) in [6, 6.07) is 22.6. The molecule has 3 aromatic carbocycles. The van der Waals surface area contributed by atoms with Gasteiger partial charge in [0.15, 0.2) is 11.6 Å². The van der Waals surface area contributed by atoms with E-state index in [1.165, 1.54) is 6.08 Å². The van der Waals surface area contributed by atoms with Gasteiger partial charge in [-0.25, -0.2) is 0 Å². The van der Waals surface area contributed by atoms with Gasteiger partial charge in [-0.05, 0) is 66.5 Å². The summed E-state index contributed by atoms with van der Waals surface area (Å²) in [5.74, 6) is -3.49. The van der Waals surface area contributed by atoms with Crippen LogP contribution in [0.5, 0.6) is 5.75 Å². The molecular weight excluding hydrogens is 526 g/mol. The van der Waals surface area contributed by atoms with Gasteiger partial charge in [0.1, 0.15) is 5.75 Å². The summed E-state index contributed by atoms with van der Waals surface area (Å²) in [6.45, 7) is 3.66. The van der Waals surface area contributed by atoms with E-state index in [9.17, 15) is 24.3 Å². The molecule has 2 N–H and O–H groups in total. The maximum absolute atomic E-state index is 14.9. The first-order chi connectivity index (χ1) is 20.2. The number of Topliss-reactive ketones (excluding diaryl/α,β-unsaturated/α-hetero) is 1. The van der Waals surface area contributed by atoms with Crippen LogP contribution in [0.3, 0.4) is 0 Å². The van der Waals surface area contributed by atoms with Crippen molar-refractivity contribution in [1.29, 1.82) is 0 Å². The molecule has 1 aliphatic heterocycles. The molecule has 0 spiro atoms. The minimum absolute atomic E-state index is 0.132. The summed E-state index contributed by atoms with van der Waals surface area (Å²) >= 11 is 0. The second-order valence-electron chi connectivity index (χ2n) is 12.1. The minimum Gasteiger partial charge on any atom is -0.507 e. The van der Waals surface area contributed by atoms with Gasteiger partial charge >= 0.3 is 0 Å². The van der Waals surface area contributed by atoms with Crippen molar-refractivity contribution in [2.75, 3.05) is 0 Å². The van der Waals surface area contributed by atoms with E-state index in [1.807, 2.05) is 92.7 Å². The predicted octanol–water partition coefficient (Wildman–Crippen LogP) is 5.12. The van der Waals surface area contributed by atoms with Crippen LogP contribution in [0.1, 0.15) is 46.6 Å². The Kier molecular flexibility index (Phi) is 5.94. The SMILES string of the molecule is Cc1cc([C@H]2C3=CC[C@@H]4C(=O)NC(=O)[C@@H]4[C@@H]3C[C@H]3C(=O)C(c4ccccc4)=CC(=O)[C@@]23c2ccccc2)cc(C)c1O. The number of carbonyl (C=O) groups is 4. The molecule has 1 heterocycles. The lowest BCUT2D eigenvalue weighted by Crippen LogP contribution is -2.58. The zero-order chi connectivity index (χ0) is 29.3. The first-order valence-corrected chi connectivity index (χ1v) is 14.5. The van der Waals surface area contributed by atoms with Gasteiger partial charge in [0.25, 0.3) is 0 Å². The molecular formula is C36H31NO5. The summed E-state index contributed by atoms with van der Waals surface area (Å²) in [6.07, 6.45) is 4.24. The van der Waals surface area contributed by atoms with E-state index in [0.717, 1.165) is 16.7 Å². The lowest BCUT2D eigenvalue weighted by atomic mass is 9.44. The number of phenols is 1. The summed E-state index contributed by atoms with van der Waals surface area (Å²) in [5, 5.41) is 13.2. The Hall–Kier alpha value is -4.58. The summed E-state index contributed by atoms with van der Waals surface area (Å²) in [4.78, 5) is 55.6. The van der Waals surface area contributed by atoms with Crippen molar-refractivity contribution >= 4 is 29.0 Å². The van der Waals surface area contributed by atoms with Gasteiger partial charge in [-0.3, -0.25) is 24.5 Å². The van der Waals surface area contributed by atoms with E-state index < -0.39 is 29.1 Å². The number of nitrogens with one attached hydrogen (secondary N) is 1. The van der Waals surface area contributed by atoms with Crippen molar-refractivity contribution in [1.82, 2.24) is 5.32 Å². The number of benzene rings is 3. The molecule has 7 rings (SSSR count). The van der Waals surface area contributed by atoms with Crippen LogP contribution in [0.15, 0.2) is 90.5 Å². The highest BCUT2D eigenvalue weighted by atomic mass is 16.3. The second-order valence-corrected chi connectivity index (χ2v) is 12.1. The molecule has 2 amide bonds. The van der Waals surface area contributed by atoms with Crippen LogP contribution in [-0.4, -0.2) is 28.5 Å². The molecule has 3 aliphatic carbocycles. The van der Waals surface area contributed by atoms with Crippen LogP contribution in [0, 0.1) is 37.5 Å². The molecule has 3 aromatic rings. The molecule has 0 unspecified atom stereocenters. The van der Waals surface area contributed by atoms with E-state index in [0.29, 0.717) is 28.7 Å². The fraction of sp³-hybridized carbons (Fsp3) is 0.278. The third-order valence-electron chi connectivity index (χ3n) is 10.1. The topological polar surface area (TPSA) is 101 Å². The summed E-state index contributed by atoms with van der Waals surface area (Å²) in [7, 11) is 0. The van der Waals surface area contributed by atoms with Gasteiger partial charge < -0.3 is 5.11 Å². The molecule has 0 aromatic heterocycles. The summed E-state index contributed by atoms with van der Waals surface area (Å²) in [5.41, 5.74) is 3.62. The zero-order valence-electron chi connectivity index (χ0n) is 23.5. The Labute approximate surface area is 244 Å². The van der Waals surface area contributed by atoms with Crippen molar-refractivity contribution < 1.29 is 24.3 Å². The van der Waals surface area contributed by atoms with Crippen molar-refractivity contribution in [3.63, 3.8) is 0 Å². The van der Waals surface area contributed by atoms with Crippen molar-refractivity contribution in [3.05, 3.63) is 118 Å². The van der Waals surface area contributed by atoms with Crippen LogP contribution < -0.4 is 5.32 Å². The highest BCUT2D eigenvalue weighted by Gasteiger charge is 2.65. The number of imide groups is 1. The highest BCUT2D eigenvalue weighted by molar-refractivity contribution is 6.31. The van der Waals surface area contributed by atoms with Crippen molar-refractivity contribution in [3.8, 4) is 5.75 Å². The highest BCUT2D eigenvalue weighted by Crippen LogP contribution is 2.63. The zero-order valence-corrected chi connectivity index (χ0v) is 23.5. The number of hydrogen-bond donors (Lipinski definition) is 2. The molecule has 2 fully saturated rings. The Bertz CT molecular complexity index is 1710. The number of amides is 2. The van der Waals surface area contributed by atoms with Crippen molar-refractivity contribution in [2.24, 2.45) is 23.7 Å². The average Bonchev–Trinajstić information content (AvgIpc) is 3.30. The molecule has 0 radical (unpaired) electrons. The largest absolute Gasteiger partial charge is 0.507 e. The smallest absolute Gasteiger partial charge is 0.231 e. The monoisotopic (exact) mass is 557 g/mol. The van der Waals surface area contributed by atoms with Gasteiger partial charge in [-0.15, -0.1) is 0 Å². The molecule has 1 saturated heterocycles. The standard InChI is InChI=1S/C36H31NO5/c1-19-15-22(16-20(2)32(19)39)31-24-13-14-25-30(35(42)37-34(25)41)27(24)17-28-33(40)26(21-9-5-3-6-10-21)18-29(38)36(28,31)23-11-7-4-8-12-23/h3-13,15-16,18,25,27-28,30-31,39H,14,17H2,1-2H3,(H,37,41,42)/t25-,27+,28-,30-,31-,36-/m0/s1. The molecule has 6 heteroatoms. The molecule has 1 saturated carbocycles. The lowest BCUT2D eigenvalue weighted by molar-refractivity contribution is -0.135. The fourth-order valence-corrected chi connectivity index (χ4v) is 8.32. The number of phenolic OH excluding ortho intramolecular Hbond substituents is 1. The number of aromatic hydroxyl groups is 1. The van der Waals surface area contributed by atoms with Gasteiger partial charge in [0.2, 0.25) is 11.8 Å². The maximum Gasteiger partial charge on any atom is 0.231 e. The fourth-order valence-electron chi connectivity index (χ4n) is 8.32. The number of hydrogen-bond acceptors (Lipinski definition) is 5. The van der Waals surface area contributed by atoms with E-state index in [4.69, 9.17) is 0 Å². The number of carbonyl (C=O) groups excluding carboxylic acids is 4. The molecule has 0 bridgehead atoms. The van der Waals surface area contributed by atoms with Crippen LogP contribution in [-0.2, 0) is 24.6 Å². The van der Waals surface area contributed by atoms with Crippen LogP contribution in [0.25, 0.3) is 5.57 Å². The normalized spacial score (nSPS) is 30.1. The van der Waals surface area contributed by atoms with E-state index in [1.54, 1.807) is 0 Å². The Morgan fingerprint density at radius 2 is 1.48 bits per heavy atom. The van der Waals surface area contributed by atoms with Crippen LogP contribution >= 0.6 is 0 Å². The minimum atomic E-state index is -1.26. The van der Waals surface area contributed by atoms with Gasteiger partial charge in [0.05, 0.1) is 17.3 Å². The van der Waals surface area contributed by atoms with Gasteiger partial charge in [0, 0.05) is 17.4 Å². The van der Waals surface area contributed by atoms with Crippen molar-refractivity contribution in [2.45, 2.75) is 38.0 Å². The number of fused-ring (bicyclic) bond motifs is 4. The first-order valence-electron chi connectivity index (χ1n) is 14.5. The van der Waals surface area contributed by atoms with E-state index in [2.05, 4.69) is 5.32 Å². The molecule has 6 nitrogen and oxygen atoms in total. The second kappa shape index (κ2) is 9.48. The predicted molar refractivity (Wildman–Crippen MR) is 157 cm³/mol. The quantitative estimate of drug-likeness (QED) is 0.344. The molecule has 210 valence electrons. The molecule has 6 atom stereocenters. The Morgan fingerprint density at radius 1 is 0.833 bits per heavy atom.